The number of rotatable bonds is 7. The summed E-state index contributed by atoms with van der Waals surface area (Å²) in [5, 5.41) is 1.80. The number of carbonyl (C=O) groups is 3. The van der Waals surface area contributed by atoms with E-state index in [1.54, 1.807) is 30.3 Å². The van der Waals surface area contributed by atoms with Gasteiger partial charge in [0.1, 0.15) is 18.1 Å². The van der Waals surface area contributed by atoms with Crippen LogP contribution in [-0.4, -0.2) is 35.1 Å². The summed E-state index contributed by atoms with van der Waals surface area (Å²) in [4.78, 5) is 38.1. The summed E-state index contributed by atoms with van der Waals surface area (Å²) >= 11 is 6.45. The first kappa shape index (κ1) is 22.8. The molecule has 1 fully saturated rings. The molecule has 1 heterocycles. The van der Waals surface area contributed by atoms with Crippen LogP contribution < -0.4 is 10.1 Å². The highest BCUT2D eigenvalue weighted by molar-refractivity contribution is 8.18. The molecule has 0 spiro atoms. The Kier molecular flexibility index (Phi) is 7.35. The molecule has 0 bridgehead atoms. The normalized spacial score (nSPS) is 15.1. The number of hydrogen-bond donors (Lipinski definition) is 1. The first-order chi connectivity index (χ1) is 14.7. The predicted molar refractivity (Wildman–Crippen MR) is 119 cm³/mol. The first-order valence-electron chi connectivity index (χ1n) is 9.46. The molecule has 0 radical (unpaired) electrons. The van der Waals surface area contributed by atoms with E-state index in [4.69, 9.17) is 16.3 Å². The van der Waals surface area contributed by atoms with Crippen molar-refractivity contribution in [2.45, 2.75) is 13.8 Å². The van der Waals surface area contributed by atoms with E-state index in [0.29, 0.717) is 12.5 Å². The molecule has 2 aromatic carbocycles. The fourth-order valence-corrected chi connectivity index (χ4v) is 3.65. The average Bonchev–Trinajstić information content (AvgIpc) is 2.97. The number of halogens is 2. The van der Waals surface area contributed by atoms with E-state index in [0.717, 1.165) is 34.0 Å². The van der Waals surface area contributed by atoms with Crippen LogP contribution in [0.25, 0.3) is 6.08 Å². The third-order valence-electron chi connectivity index (χ3n) is 4.14. The average molecular weight is 463 g/mol. The molecule has 3 rings (SSSR count). The Morgan fingerprint density at radius 1 is 1.23 bits per heavy atom. The Morgan fingerprint density at radius 3 is 2.58 bits per heavy atom. The molecule has 0 aliphatic carbocycles. The predicted octanol–water partition coefficient (Wildman–Crippen LogP) is 5.19. The molecule has 1 saturated heterocycles. The topological polar surface area (TPSA) is 75.7 Å². The molecule has 31 heavy (non-hydrogen) atoms. The van der Waals surface area contributed by atoms with Crippen LogP contribution in [-0.2, 0) is 9.59 Å². The summed E-state index contributed by atoms with van der Waals surface area (Å²) in [5.74, 6) is -0.643. The van der Waals surface area contributed by atoms with Crippen LogP contribution >= 0.6 is 23.4 Å². The molecule has 0 atom stereocenters. The quantitative estimate of drug-likeness (QED) is 0.573. The maximum Gasteiger partial charge on any atom is 0.294 e. The third kappa shape index (κ3) is 6.08. The summed E-state index contributed by atoms with van der Waals surface area (Å²) in [6.07, 6.45) is 1.59. The zero-order chi connectivity index (χ0) is 22.5. The zero-order valence-corrected chi connectivity index (χ0v) is 18.4. The number of thioether (sulfide) groups is 1. The highest BCUT2D eigenvalue weighted by Crippen LogP contribution is 2.32. The van der Waals surface area contributed by atoms with Gasteiger partial charge in [-0.15, -0.1) is 0 Å². The van der Waals surface area contributed by atoms with Gasteiger partial charge in [0, 0.05) is 5.69 Å². The van der Waals surface area contributed by atoms with E-state index in [9.17, 15) is 18.8 Å². The van der Waals surface area contributed by atoms with Gasteiger partial charge in [-0.3, -0.25) is 19.3 Å². The molecule has 162 valence electrons. The monoisotopic (exact) mass is 462 g/mol. The molecule has 0 unspecified atom stereocenters. The zero-order valence-electron chi connectivity index (χ0n) is 16.9. The Hall–Kier alpha value is -2.84. The van der Waals surface area contributed by atoms with Crippen molar-refractivity contribution in [2.24, 2.45) is 5.92 Å². The van der Waals surface area contributed by atoms with E-state index >= 15 is 0 Å². The first-order valence-corrected chi connectivity index (χ1v) is 10.7. The van der Waals surface area contributed by atoms with Crippen molar-refractivity contribution >= 4 is 52.2 Å². The van der Waals surface area contributed by atoms with Crippen molar-refractivity contribution in [3.8, 4) is 5.75 Å². The molecular formula is C22H20ClFN2O4S. The van der Waals surface area contributed by atoms with Crippen LogP contribution in [0.1, 0.15) is 19.4 Å². The summed E-state index contributed by atoms with van der Waals surface area (Å²) in [6.45, 7) is 4.25. The molecule has 0 saturated carbocycles. The number of carbonyl (C=O) groups excluding carboxylic acids is 3. The van der Waals surface area contributed by atoms with E-state index in [-0.39, 0.29) is 15.6 Å². The van der Waals surface area contributed by atoms with Crippen molar-refractivity contribution in [3.05, 3.63) is 63.8 Å². The number of anilines is 1. The standard InChI is InChI=1S/C22H20ClFN2O4S/c1-13(2)12-30-16-6-3-14(4-7-16)9-19-21(28)26(22(29)31-19)11-20(27)25-15-5-8-18(24)17(23)10-15/h3-10,13H,11-12H2,1-2H3,(H,25,27)/b19-9-. The fourth-order valence-electron chi connectivity index (χ4n) is 2.63. The van der Waals surface area contributed by atoms with Gasteiger partial charge >= 0.3 is 0 Å². The van der Waals surface area contributed by atoms with Crippen LogP contribution in [0.15, 0.2) is 47.4 Å². The molecule has 1 aliphatic rings. The minimum atomic E-state index is -0.615. The van der Waals surface area contributed by atoms with Crippen LogP contribution in [0.2, 0.25) is 5.02 Å². The maximum atomic E-state index is 13.2. The minimum absolute atomic E-state index is 0.146. The molecular weight excluding hydrogens is 443 g/mol. The van der Waals surface area contributed by atoms with Gasteiger partial charge in [-0.2, -0.15) is 0 Å². The third-order valence-corrected chi connectivity index (χ3v) is 5.34. The number of ether oxygens (including phenoxy) is 1. The number of amides is 3. The van der Waals surface area contributed by atoms with Gasteiger partial charge in [-0.1, -0.05) is 37.6 Å². The Labute approximate surface area is 188 Å². The van der Waals surface area contributed by atoms with E-state index < -0.39 is 29.4 Å². The van der Waals surface area contributed by atoms with Crippen molar-refractivity contribution in [1.82, 2.24) is 4.90 Å². The fraction of sp³-hybridized carbons (Fsp3) is 0.227. The van der Waals surface area contributed by atoms with Crippen LogP contribution in [0.5, 0.6) is 5.75 Å². The second-order valence-corrected chi connectivity index (χ2v) is 8.62. The molecule has 1 N–H and O–H groups in total. The van der Waals surface area contributed by atoms with Gasteiger partial charge in [-0.25, -0.2) is 4.39 Å². The molecule has 2 aromatic rings. The summed E-state index contributed by atoms with van der Waals surface area (Å²) in [6, 6.07) is 10.8. The highest BCUT2D eigenvalue weighted by Gasteiger charge is 2.36. The van der Waals surface area contributed by atoms with Crippen molar-refractivity contribution in [3.63, 3.8) is 0 Å². The Morgan fingerprint density at radius 2 is 1.94 bits per heavy atom. The number of nitrogens with one attached hydrogen (secondary N) is 1. The number of imide groups is 1. The van der Waals surface area contributed by atoms with Crippen molar-refractivity contribution in [1.29, 1.82) is 0 Å². The summed E-state index contributed by atoms with van der Waals surface area (Å²) in [7, 11) is 0. The van der Waals surface area contributed by atoms with Gasteiger partial charge in [0.2, 0.25) is 5.91 Å². The smallest absolute Gasteiger partial charge is 0.294 e. The van der Waals surface area contributed by atoms with Crippen LogP contribution in [0, 0.1) is 11.7 Å². The van der Waals surface area contributed by atoms with Crippen molar-refractivity contribution < 1.29 is 23.5 Å². The van der Waals surface area contributed by atoms with Gasteiger partial charge < -0.3 is 10.1 Å². The lowest BCUT2D eigenvalue weighted by molar-refractivity contribution is -0.127. The lowest BCUT2D eigenvalue weighted by Gasteiger charge is -2.12. The second-order valence-electron chi connectivity index (χ2n) is 7.22. The van der Waals surface area contributed by atoms with Crippen LogP contribution in [0.4, 0.5) is 14.9 Å². The van der Waals surface area contributed by atoms with E-state index in [2.05, 4.69) is 19.2 Å². The molecule has 3 amide bonds. The van der Waals surface area contributed by atoms with Gasteiger partial charge in [0.25, 0.3) is 11.1 Å². The van der Waals surface area contributed by atoms with E-state index in [1.807, 2.05) is 0 Å². The highest BCUT2D eigenvalue weighted by atomic mass is 35.5. The molecule has 1 aliphatic heterocycles. The van der Waals surface area contributed by atoms with E-state index in [1.165, 1.54) is 12.1 Å². The number of hydrogen-bond acceptors (Lipinski definition) is 5. The number of nitrogens with zero attached hydrogens (tertiary/aromatic N) is 1. The SMILES string of the molecule is CC(C)COc1ccc(/C=C2\SC(=O)N(CC(=O)Nc3ccc(F)c(Cl)c3)C2=O)cc1. The lowest BCUT2D eigenvalue weighted by Crippen LogP contribution is -2.36. The Bertz CT molecular complexity index is 1040. The van der Waals surface area contributed by atoms with Gasteiger partial charge in [-0.05, 0) is 59.7 Å². The lowest BCUT2D eigenvalue weighted by atomic mass is 10.2. The maximum absolute atomic E-state index is 13.2. The summed E-state index contributed by atoms with van der Waals surface area (Å²) < 4.78 is 18.8. The van der Waals surface area contributed by atoms with Crippen molar-refractivity contribution in [2.75, 3.05) is 18.5 Å². The van der Waals surface area contributed by atoms with Gasteiger partial charge in [0.15, 0.2) is 0 Å². The second kappa shape index (κ2) is 9.98. The molecule has 0 aromatic heterocycles. The Balaban J connectivity index is 1.63. The largest absolute Gasteiger partial charge is 0.493 e. The molecule has 6 nitrogen and oxygen atoms in total. The van der Waals surface area contributed by atoms with Gasteiger partial charge in [0.05, 0.1) is 16.5 Å². The number of benzene rings is 2. The minimum Gasteiger partial charge on any atom is -0.493 e. The summed E-state index contributed by atoms with van der Waals surface area (Å²) in [5.41, 5.74) is 0.992. The molecule has 9 heteroatoms. The van der Waals surface area contributed by atoms with Crippen LogP contribution in [0.3, 0.4) is 0 Å².